The van der Waals surface area contributed by atoms with Crippen molar-refractivity contribution in [1.29, 1.82) is 0 Å². The van der Waals surface area contributed by atoms with E-state index in [1.54, 1.807) is 11.3 Å². The summed E-state index contributed by atoms with van der Waals surface area (Å²) < 4.78 is 1.21. The molecular formula is C21H24N4OS. The molecule has 1 saturated heterocycles. The third kappa shape index (κ3) is 3.90. The molecule has 3 aromatic rings. The maximum absolute atomic E-state index is 12.7. The number of amides is 1. The Morgan fingerprint density at radius 1 is 1.04 bits per heavy atom. The first-order chi connectivity index (χ1) is 13.1. The van der Waals surface area contributed by atoms with Gasteiger partial charge in [-0.3, -0.25) is 4.79 Å². The molecule has 0 radical (unpaired) electrons. The fraction of sp³-hybridized carbons (Fsp3) is 0.333. The molecule has 2 heterocycles. The van der Waals surface area contributed by atoms with Crippen molar-refractivity contribution < 1.29 is 4.79 Å². The van der Waals surface area contributed by atoms with Crippen LogP contribution in [0.15, 0.2) is 48.5 Å². The van der Waals surface area contributed by atoms with E-state index in [0.717, 1.165) is 48.1 Å². The highest BCUT2D eigenvalue weighted by molar-refractivity contribution is 7.22. The summed E-state index contributed by atoms with van der Waals surface area (Å²) in [7, 11) is 4.04. The minimum absolute atomic E-state index is 0.205. The summed E-state index contributed by atoms with van der Waals surface area (Å²) in [4.78, 5) is 23.7. The van der Waals surface area contributed by atoms with E-state index in [1.165, 1.54) is 4.70 Å². The lowest BCUT2D eigenvalue weighted by atomic mass is 10.1. The lowest BCUT2D eigenvalue weighted by Gasteiger charge is -2.34. The SMILES string of the molecule is CN(C)c1ccc(CC(=O)N2CCN(c3nc4ccccc4s3)CC2)cc1. The fourth-order valence-corrected chi connectivity index (χ4v) is 4.36. The number of hydrogen-bond donors (Lipinski definition) is 0. The van der Waals surface area contributed by atoms with Gasteiger partial charge in [-0.15, -0.1) is 0 Å². The second kappa shape index (κ2) is 7.56. The van der Waals surface area contributed by atoms with E-state index < -0.39 is 0 Å². The Balaban J connectivity index is 1.34. The van der Waals surface area contributed by atoms with Gasteiger partial charge >= 0.3 is 0 Å². The Morgan fingerprint density at radius 3 is 2.41 bits per heavy atom. The highest BCUT2D eigenvalue weighted by Crippen LogP contribution is 2.29. The molecule has 0 saturated carbocycles. The first-order valence-electron chi connectivity index (χ1n) is 9.25. The van der Waals surface area contributed by atoms with Gasteiger partial charge in [0.25, 0.3) is 0 Å². The Kier molecular flexibility index (Phi) is 4.99. The number of aromatic nitrogens is 1. The smallest absolute Gasteiger partial charge is 0.227 e. The normalized spacial score (nSPS) is 14.6. The van der Waals surface area contributed by atoms with Crippen LogP contribution < -0.4 is 9.80 Å². The van der Waals surface area contributed by atoms with Crippen molar-refractivity contribution in [1.82, 2.24) is 9.88 Å². The molecule has 1 aromatic heterocycles. The minimum Gasteiger partial charge on any atom is -0.378 e. The van der Waals surface area contributed by atoms with E-state index in [9.17, 15) is 4.79 Å². The second-order valence-electron chi connectivity index (χ2n) is 7.07. The molecule has 4 rings (SSSR count). The molecule has 6 heteroatoms. The van der Waals surface area contributed by atoms with Crippen molar-refractivity contribution in [3.05, 3.63) is 54.1 Å². The third-order valence-electron chi connectivity index (χ3n) is 4.99. The number of carbonyl (C=O) groups excluding carboxylic acids is 1. The van der Waals surface area contributed by atoms with Crippen molar-refractivity contribution in [2.75, 3.05) is 50.1 Å². The lowest BCUT2D eigenvalue weighted by molar-refractivity contribution is -0.130. The molecule has 1 aliphatic heterocycles. The number of hydrogen-bond acceptors (Lipinski definition) is 5. The molecule has 0 atom stereocenters. The molecule has 0 spiro atoms. The van der Waals surface area contributed by atoms with E-state index in [1.807, 2.05) is 43.3 Å². The Labute approximate surface area is 163 Å². The van der Waals surface area contributed by atoms with Gasteiger partial charge in [-0.1, -0.05) is 35.6 Å². The standard InChI is InChI=1S/C21H24N4OS/c1-23(2)17-9-7-16(8-10-17)15-20(26)24-11-13-25(14-12-24)21-22-18-5-3-4-6-19(18)27-21/h3-10H,11-15H2,1-2H3. The van der Waals surface area contributed by atoms with Crippen LogP contribution >= 0.6 is 11.3 Å². The first kappa shape index (κ1) is 17.8. The average molecular weight is 381 g/mol. The monoisotopic (exact) mass is 380 g/mol. The quantitative estimate of drug-likeness (QED) is 0.697. The Bertz CT molecular complexity index is 894. The maximum Gasteiger partial charge on any atom is 0.227 e. The van der Waals surface area contributed by atoms with Crippen LogP contribution in [0.5, 0.6) is 0 Å². The van der Waals surface area contributed by atoms with E-state index in [0.29, 0.717) is 6.42 Å². The molecule has 27 heavy (non-hydrogen) atoms. The minimum atomic E-state index is 0.205. The fourth-order valence-electron chi connectivity index (χ4n) is 3.34. The molecule has 140 valence electrons. The van der Waals surface area contributed by atoms with Crippen LogP contribution in [0.3, 0.4) is 0 Å². The predicted molar refractivity (Wildman–Crippen MR) is 113 cm³/mol. The molecule has 0 unspecified atom stereocenters. The molecule has 0 bridgehead atoms. The number of carbonyl (C=O) groups is 1. The van der Waals surface area contributed by atoms with Crippen LogP contribution in [0.1, 0.15) is 5.56 Å². The molecule has 5 nitrogen and oxygen atoms in total. The Morgan fingerprint density at radius 2 is 1.74 bits per heavy atom. The van der Waals surface area contributed by atoms with Gasteiger partial charge in [-0.2, -0.15) is 0 Å². The van der Waals surface area contributed by atoms with Crippen molar-refractivity contribution in [3.63, 3.8) is 0 Å². The number of para-hydroxylation sites is 1. The number of benzene rings is 2. The average Bonchev–Trinajstić information content (AvgIpc) is 3.13. The van der Waals surface area contributed by atoms with Gasteiger partial charge in [0, 0.05) is 46.0 Å². The van der Waals surface area contributed by atoms with Gasteiger partial charge < -0.3 is 14.7 Å². The summed E-state index contributed by atoms with van der Waals surface area (Å²) >= 11 is 1.73. The number of piperazine rings is 1. The Hall–Kier alpha value is -2.60. The summed E-state index contributed by atoms with van der Waals surface area (Å²) in [6, 6.07) is 16.4. The number of rotatable bonds is 4. The molecule has 1 aliphatic rings. The number of nitrogens with zero attached hydrogens (tertiary/aromatic N) is 4. The summed E-state index contributed by atoms with van der Waals surface area (Å²) in [6.45, 7) is 3.19. The highest BCUT2D eigenvalue weighted by atomic mass is 32.1. The van der Waals surface area contributed by atoms with E-state index in [-0.39, 0.29) is 5.91 Å². The number of thiazole rings is 1. The van der Waals surface area contributed by atoms with Crippen LogP contribution in [-0.2, 0) is 11.2 Å². The molecule has 0 aliphatic carbocycles. The largest absolute Gasteiger partial charge is 0.378 e. The van der Waals surface area contributed by atoms with Crippen LogP contribution in [0.4, 0.5) is 10.8 Å². The van der Waals surface area contributed by atoms with Gasteiger partial charge in [0.1, 0.15) is 0 Å². The maximum atomic E-state index is 12.7. The van der Waals surface area contributed by atoms with Crippen LogP contribution in [0, 0.1) is 0 Å². The van der Waals surface area contributed by atoms with Crippen LogP contribution in [0.2, 0.25) is 0 Å². The van der Waals surface area contributed by atoms with E-state index in [4.69, 9.17) is 4.98 Å². The summed E-state index contributed by atoms with van der Waals surface area (Å²) in [5, 5.41) is 1.06. The zero-order valence-corrected chi connectivity index (χ0v) is 16.6. The lowest BCUT2D eigenvalue weighted by Crippen LogP contribution is -2.49. The topological polar surface area (TPSA) is 39.7 Å². The van der Waals surface area contributed by atoms with Gasteiger partial charge in [0.05, 0.1) is 16.6 Å². The molecule has 1 amide bonds. The van der Waals surface area contributed by atoms with Crippen molar-refractivity contribution in [3.8, 4) is 0 Å². The predicted octanol–water partition coefficient (Wildman–Crippen LogP) is 3.25. The van der Waals surface area contributed by atoms with Crippen molar-refractivity contribution >= 4 is 38.3 Å². The van der Waals surface area contributed by atoms with Gasteiger partial charge in [-0.05, 0) is 29.8 Å². The zero-order chi connectivity index (χ0) is 18.8. The number of fused-ring (bicyclic) bond motifs is 1. The van der Waals surface area contributed by atoms with Gasteiger partial charge in [-0.25, -0.2) is 4.98 Å². The summed E-state index contributed by atoms with van der Waals surface area (Å²) in [5.74, 6) is 0.205. The van der Waals surface area contributed by atoms with Crippen LogP contribution in [-0.4, -0.2) is 56.1 Å². The molecule has 2 aromatic carbocycles. The summed E-state index contributed by atoms with van der Waals surface area (Å²) in [5.41, 5.74) is 3.27. The highest BCUT2D eigenvalue weighted by Gasteiger charge is 2.23. The van der Waals surface area contributed by atoms with Gasteiger partial charge in [0.15, 0.2) is 5.13 Å². The zero-order valence-electron chi connectivity index (χ0n) is 15.8. The van der Waals surface area contributed by atoms with E-state index >= 15 is 0 Å². The van der Waals surface area contributed by atoms with Crippen molar-refractivity contribution in [2.24, 2.45) is 0 Å². The van der Waals surface area contributed by atoms with Crippen LogP contribution in [0.25, 0.3) is 10.2 Å². The molecule has 0 N–H and O–H groups in total. The van der Waals surface area contributed by atoms with E-state index in [2.05, 4.69) is 34.1 Å². The van der Waals surface area contributed by atoms with Gasteiger partial charge in [0.2, 0.25) is 5.91 Å². The first-order valence-corrected chi connectivity index (χ1v) is 10.1. The molecule has 1 fully saturated rings. The molecular weight excluding hydrogens is 356 g/mol. The second-order valence-corrected chi connectivity index (χ2v) is 8.08. The summed E-state index contributed by atoms with van der Waals surface area (Å²) in [6.07, 6.45) is 0.467. The van der Waals surface area contributed by atoms with Crippen molar-refractivity contribution in [2.45, 2.75) is 6.42 Å². The number of anilines is 2. The third-order valence-corrected chi connectivity index (χ3v) is 6.09.